The zero-order valence-electron chi connectivity index (χ0n) is 13.8. The third-order valence-electron chi connectivity index (χ3n) is 3.70. The molecule has 1 aliphatic rings. The molecule has 2 aromatic rings. The summed E-state index contributed by atoms with van der Waals surface area (Å²) in [5.74, 6) is -1.00. The summed E-state index contributed by atoms with van der Waals surface area (Å²) in [6.45, 7) is 0. The van der Waals surface area contributed by atoms with Gasteiger partial charge in [0.05, 0.1) is 5.69 Å². The van der Waals surface area contributed by atoms with E-state index in [2.05, 4.69) is 10.3 Å². The van der Waals surface area contributed by atoms with Crippen molar-refractivity contribution >= 4 is 51.7 Å². The van der Waals surface area contributed by atoms with Crippen molar-refractivity contribution in [1.29, 1.82) is 0 Å². The van der Waals surface area contributed by atoms with Gasteiger partial charge in [-0.05, 0) is 36.4 Å². The predicted octanol–water partition coefficient (Wildman–Crippen LogP) is 3.94. The lowest BCUT2D eigenvalue weighted by atomic mass is 10.3. The van der Waals surface area contributed by atoms with Crippen LogP contribution in [0.1, 0.15) is 6.42 Å². The molecule has 0 bridgehead atoms. The fourth-order valence-corrected chi connectivity index (χ4v) is 3.71. The summed E-state index contributed by atoms with van der Waals surface area (Å²) in [7, 11) is 1.56. The SMILES string of the molecule is CN=C(Nc1cccc(F)c1)SC1CC(=O)N(c2cccc(Cl)c2)C1=O. The van der Waals surface area contributed by atoms with E-state index in [-0.39, 0.29) is 24.1 Å². The number of imide groups is 1. The van der Waals surface area contributed by atoms with Gasteiger partial charge >= 0.3 is 0 Å². The number of aliphatic imine (C=N–C) groups is 1. The molecule has 1 aliphatic heterocycles. The lowest BCUT2D eigenvalue weighted by Crippen LogP contribution is -2.31. The van der Waals surface area contributed by atoms with Crippen molar-refractivity contribution in [3.8, 4) is 0 Å². The average molecular weight is 392 g/mol. The van der Waals surface area contributed by atoms with Crippen LogP contribution in [-0.4, -0.2) is 29.3 Å². The maximum atomic E-state index is 13.3. The summed E-state index contributed by atoms with van der Waals surface area (Å²) < 4.78 is 13.3. The minimum atomic E-state index is -0.610. The molecule has 0 spiro atoms. The van der Waals surface area contributed by atoms with Crippen LogP contribution in [0.2, 0.25) is 5.02 Å². The number of anilines is 2. The van der Waals surface area contributed by atoms with Crippen molar-refractivity contribution in [2.24, 2.45) is 4.99 Å². The van der Waals surface area contributed by atoms with Gasteiger partial charge < -0.3 is 5.32 Å². The normalized spacial score (nSPS) is 17.7. The molecule has 26 heavy (non-hydrogen) atoms. The number of carbonyl (C=O) groups excluding carboxylic acids is 2. The quantitative estimate of drug-likeness (QED) is 0.489. The third kappa shape index (κ3) is 4.05. The van der Waals surface area contributed by atoms with E-state index >= 15 is 0 Å². The van der Waals surface area contributed by atoms with E-state index in [9.17, 15) is 14.0 Å². The largest absolute Gasteiger partial charge is 0.335 e. The smallest absolute Gasteiger partial charge is 0.247 e. The molecule has 2 aromatic carbocycles. The number of nitrogens with one attached hydrogen (secondary N) is 1. The van der Waals surface area contributed by atoms with Crippen LogP contribution in [0, 0.1) is 5.82 Å². The van der Waals surface area contributed by atoms with Crippen LogP contribution < -0.4 is 10.2 Å². The molecular weight excluding hydrogens is 377 g/mol. The minimum Gasteiger partial charge on any atom is -0.335 e. The molecule has 0 aromatic heterocycles. The van der Waals surface area contributed by atoms with Crippen molar-refractivity contribution < 1.29 is 14.0 Å². The summed E-state index contributed by atoms with van der Waals surface area (Å²) in [6.07, 6.45) is 0.0554. The van der Waals surface area contributed by atoms with Crippen LogP contribution in [0.5, 0.6) is 0 Å². The van der Waals surface area contributed by atoms with E-state index in [1.165, 1.54) is 12.1 Å². The van der Waals surface area contributed by atoms with Crippen molar-refractivity contribution in [3.63, 3.8) is 0 Å². The summed E-state index contributed by atoms with van der Waals surface area (Å²) >= 11 is 7.09. The van der Waals surface area contributed by atoms with E-state index in [4.69, 9.17) is 11.6 Å². The summed E-state index contributed by atoms with van der Waals surface area (Å²) in [4.78, 5) is 30.2. The fourth-order valence-electron chi connectivity index (χ4n) is 2.55. The molecule has 3 rings (SSSR count). The number of benzene rings is 2. The second-order valence-electron chi connectivity index (χ2n) is 5.52. The van der Waals surface area contributed by atoms with Crippen molar-refractivity contribution in [3.05, 3.63) is 59.4 Å². The maximum Gasteiger partial charge on any atom is 0.247 e. The number of hydrogen-bond donors (Lipinski definition) is 1. The first kappa shape index (κ1) is 18.4. The van der Waals surface area contributed by atoms with Gasteiger partial charge in [0.15, 0.2) is 5.17 Å². The van der Waals surface area contributed by atoms with Gasteiger partial charge in [-0.1, -0.05) is 35.5 Å². The second-order valence-corrected chi connectivity index (χ2v) is 7.15. The molecule has 2 amide bonds. The Bertz CT molecular complexity index is 890. The highest BCUT2D eigenvalue weighted by Gasteiger charge is 2.40. The molecule has 0 radical (unpaired) electrons. The lowest BCUT2D eigenvalue weighted by molar-refractivity contribution is -0.121. The Morgan fingerprint density at radius 1 is 1.27 bits per heavy atom. The number of amides is 2. The van der Waals surface area contributed by atoms with E-state index in [1.54, 1.807) is 43.4 Å². The zero-order chi connectivity index (χ0) is 18.7. The Balaban J connectivity index is 1.73. The molecule has 1 fully saturated rings. The molecule has 1 atom stereocenters. The number of nitrogens with zero attached hydrogens (tertiary/aromatic N) is 2. The van der Waals surface area contributed by atoms with Crippen LogP contribution in [0.25, 0.3) is 0 Å². The van der Waals surface area contributed by atoms with E-state index in [0.29, 0.717) is 21.6 Å². The van der Waals surface area contributed by atoms with Crippen molar-refractivity contribution in [1.82, 2.24) is 0 Å². The van der Waals surface area contributed by atoms with Gasteiger partial charge in [0.2, 0.25) is 11.8 Å². The second kappa shape index (κ2) is 7.88. The molecule has 0 saturated carbocycles. The first-order valence-corrected chi connectivity index (χ1v) is 9.02. The molecular formula is C18H15ClFN3O2S. The minimum absolute atomic E-state index is 0.0554. The van der Waals surface area contributed by atoms with Crippen LogP contribution in [0.3, 0.4) is 0 Å². The van der Waals surface area contributed by atoms with Crippen molar-refractivity contribution in [2.45, 2.75) is 11.7 Å². The lowest BCUT2D eigenvalue weighted by Gasteiger charge is -2.16. The summed E-state index contributed by atoms with van der Waals surface area (Å²) in [5.41, 5.74) is 0.963. The number of amidine groups is 1. The number of halogens is 2. The first-order valence-electron chi connectivity index (χ1n) is 7.76. The predicted molar refractivity (Wildman–Crippen MR) is 103 cm³/mol. The highest BCUT2D eigenvalue weighted by Crippen LogP contribution is 2.31. The first-order chi connectivity index (χ1) is 12.5. The summed E-state index contributed by atoms with van der Waals surface area (Å²) in [5, 5.41) is 3.23. The molecule has 5 nitrogen and oxygen atoms in total. The summed E-state index contributed by atoms with van der Waals surface area (Å²) in [6, 6.07) is 12.5. The van der Waals surface area contributed by atoms with Gasteiger partial charge in [0.25, 0.3) is 0 Å². The van der Waals surface area contributed by atoms with E-state index < -0.39 is 5.25 Å². The number of carbonyl (C=O) groups is 2. The molecule has 1 N–H and O–H groups in total. The van der Waals surface area contributed by atoms with Gasteiger partial charge in [0.1, 0.15) is 11.1 Å². The van der Waals surface area contributed by atoms with Gasteiger partial charge in [-0.3, -0.25) is 14.6 Å². The van der Waals surface area contributed by atoms with E-state index in [1.807, 2.05) is 0 Å². The third-order valence-corrected chi connectivity index (χ3v) is 5.10. The van der Waals surface area contributed by atoms with Crippen LogP contribution >= 0.6 is 23.4 Å². The van der Waals surface area contributed by atoms with Gasteiger partial charge in [-0.25, -0.2) is 9.29 Å². The molecule has 1 heterocycles. The number of rotatable bonds is 3. The maximum absolute atomic E-state index is 13.3. The highest BCUT2D eigenvalue weighted by molar-refractivity contribution is 8.15. The Labute approximate surface area is 159 Å². The van der Waals surface area contributed by atoms with E-state index in [0.717, 1.165) is 16.7 Å². The fraction of sp³-hybridized carbons (Fsp3) is 0.167. The molecule has 134 valence electrons. The average Bonchev–Trinajstić information content (AvgIpc) is 2.88. The Hall–Kier alpha value is -2.38. The molecule has 1 unspecified atom stereocenters. The zero-order valence-corrected chi connectivity index (χ0v) is 15.4. The van der Waals surface area contributed by atoms with Gasteiger partial charge in [-0.2, -0.15) is 0 Å². The van der Waals surface area contributed by atoms with Crippen molar-refractivity contribution in [2.75, 3.05) is 17.3 Å². The highest BCUT2D eigenvalue weighted by atomic mass is 35.5. The Morgan fingerprint density at radius 2 is 2.04 bits per heavy atom. The van der Waals surface area contributed by atoms with Crippen LogP contribution in [-0.2, 0) is 9.59 Å². The van der Waals surface area contributed by atoms with Gasteiger partial charge in [0, 0.05) is 24.2 Å². The Morgan fingerprint density at radius 3 is 2.73 bits per heavy atom. The molecule has 0 aliphatic carbocycles. The van der Waals surface area contributed by atoms with Crippen LogP contribution in [0.4, 0.5) is 15.8 Å². The number of thioether (sulfide) groups is 1. The monoisotopic (exact) mass is 391 g/mol. The Kier molecular flexibility index (Phi) is 5.58. The molecule has 1 saturated heterocycles. The number of hydrogen-bond acceptors (Lipinski definition) is 4. The van der Waals surface area contributed by atoms with Crippen LogP contribution in [0.15, 0.2) is 53.5 Å². The topological polar surface area (TPSA) is 61.8 Å². The van der Waals surface area contributed by atoms with Gasteiger partial charge in [-0.15, -0.1) is 0 Å². The molecule has 8 heteroatoms. The standard InChI is InChI=1S/C18H15ClFN3O2S/c1-21-18(22-13-6-3-5-12(20)9-13)26-15-10-16(24)23(17(15)25)14-7-2-4-11(19)8-14/h2-9,15H,10H2,1H3,(H,21,22).